The first-order valence-electron chi connectivity index (χ1n) is 5.84. The normalized spacial score (nSPS) is 11.1. The third kappa shape index (κ3) is 5.90. The summed E-state index contributed by atoms with van der Waals surface area (Å²) >= 11 is 0. The minimum absolute atomic E-state index is 0.0655. The Labute approximate surface area is 103 Å². The number of amides is 1. The predicted molar refractivity (Wildman–Crippen MR) is 70.0 cm³/mol. The van der Waals surface area contributed by atoms with Crippen LogP contribution in [-0.4, -0.2) is 23.0 Å². The number of anilines is 1. The molecule has 4 nitrogen and oxygen atoms in total. The van der Waals surface area contributed by atoms with E-state index in [4.69, 9.17) is 0 Å². The highest BCUT2D eigenvalue weighted by Gasteiger charge is 2.12. The van der Waals surface area contributed by atoms with Gasteiger partial charge in [-0.2, -0.15) is 0 Å². The highest BCUT2D eigenvalue weighted by molar-refractivity contribution is 5.77. The SMILES string of the molecule is Cc1cc(NCCC(=O)NC(C)(C)C)ccn1. The number of hydrogen-bond acceptors (Lipinski definition) is 3. The van der Waals surface area contributed by atoms with Gasteiger partial charge in [0.1, 0.15) is 0 Å². The van der Waals surface area contributed by atoms with Gasteiger partial charge in [-0.05, 0) is 39.8 Å². The van der Waals surface area contributed by atoms with Crippen molar-refractivity contribution in [1.29, 1.82) is 0 Å². The minimum Gasteiger partial charge on any atom is -0.384 e. The van der Waals surface area contributed by atoms with Gasteiger partial charge >= 0.3 is 0 Å². The van der Waals surface area contributed by atoms with Crippen LogP contribution in [0.15, 0.2) is 18.3 Å². The molecule has 0 radical (unpaired) electrons. The number of aryl methyl sites for hydroxylation is 1. The average molecular weight is 235 g/mol. The molecule has 17 heavy (non-hydrogen) atoms. The molecule has 1 amide bonds. The summed E-state index contributed by atoms with van der Waals surface area (Å²) in [5, 5.41) is 6.13. The number of aromatic nitrogens is 1. The van der Waals surface area contributed by atoms with E-state index in [2.05, 4.69) is 15.6 Å². The lowest BCUT2D eigenvalue weighted by atomic mass is 10.1. The van der Waals surface area contributed by atoms with E-state index < -0.39 is 0 Å². The van der Waals surface area contributed by atoms with Gasteiger partial charge in [-0.15, -0.1) is 0 Å². The number of carbonyl (C=O) groups excluding carboxylic acids is 1. The Morgan fingerprint density at radius 1 is 1.41 bits per heavy atom. The van der Waals surface area contributed by atoms with Crippen LogP contribution in [0, 0.1) is 6.92 Å². The third-order valence-electron chi connectivity index (χ3n) is 2.09. The monoisotopic (exact) mass is 235 g/mol. The van der Waals surface area contributed by atoms with Crippen molar-refractivity contribution in [1.82, 2.24) is 10.3 Å². The Morgan fingerprint density at radius 3 is 2.71 bits per heavy atom. The smallest absolute Gasteiger partial charge is 0.222 e. The van der Waals surface area contributed by atoms with Gasteiger partial charge in [0.05, 0.1) is 0 Å². The summed E-state index contributed by atoms with van der Waals surface area (Å²) in [6.07, 6.45) is 2.23. The molecule has 1 heterocycles. The molecule has 94 valence electrons. The van der Waals surface area contributed by atoms with Gasteiger partial charge in [-0.1, -0.05) is 0 Å². The van der Waals surface area contributed by atoms with E-state index in [1.807, 2.05) is 39.8 Å². The van der Waals surface area contributed by atoms with Gasteiger partial charge in [0.25, 0.3) is 0 Å². The van der Waals surface area contributed by atoms with Crippen LogP contribution < -0.4 is 10.6 Å². The van der Waals surface area contributed by atoms with E-state index in [9.17, 15) is 4.79 Å². The number of rotatable bonds is 4. The first-order valence-corrected chi connectivity index (χ1v) is 5.84. The van der Waals surface area contributed by atoms with Crippen LogP contribution in [-0.2, 0) is 4.79 Å². The van der Waals surface area contributed by atoms with Crippen LogP contribution >= 0.6 is 0 Å². The second-order valence-corrected chi connectivity index (χ2v) is 5.16. The highest BCUT2D eigenvalue weighted by atomic mass is 16.1. The topological polar surface area (TPSA) is 54.0 Å². The number of nitrogens with zero attached hydrogens (tertiary/aromatic N) is 1. The Kier molecular flexibility index (Phi) is 4.49. The maximum absolute atomic E-state index is 11.6. The van der Waals surface area contributed by atoms with Gasteiger partial charge in [0, 0.05) is 36.1 Å². The Hall–Kier alpha value is -1.58. The van der Waals surface area contributed by atoms with E-state index in [0.29, 0.717) is 13.0 Å². The molecule has 0 unspecified atom stereocenters. The molecular formula is C13H21N3O. The van der Waals surface area contributed by atoms with Crippen molar-refractivity contribution >= 4 is 11.6 Å². The number of nitrogens with one attached hydrogen (secondary N) is 2. The van der Waals surface area contributed by atoms with E-state index in [0.717, 1.165) is 11.4 Å². The molecule has 0 atom stereocenters. The zero-order valence-corrected chi connectivity index (χ0v) is 11.0. The summed E-state index contributed by atoms with van der Waals surface area (Å²) in [5.74, 6) is 0.0655. The van der Waals surface area contributed by atoms with E-state index >= 15 is 0 Å². The van der Waals surface area contributed by atoms with Gasteiger partial charge in [-0.3, -0.25) is 9.78 Å². The van der Waals surface area contributed by atoms with Gasteiger partial charge in [-0.25, -0.2) is 0 Å². The molecule has 4 heteroatoms. The molecule has 0 bridgehead atoms. The fourth-order valence-corrected chi connectivity index (χ4v) is 1.46. The van der Waals surface area contributed by atoms with Crippen LogP contribution in [0.1, 0.15) is 32.9 Å². The summed E-state index contributed by atoms with van der Waals surface area (Å²) in [6, 6.07) is 3.86. The Balaban J connectivity index is 2.31. The molecule has 0 aliphatic heterocycles. The quantitative estimate of drug-likeness (QED) is 0.840. The first kappa shape index (κ1) is 13.5. The molecule has 0 fully saturated rings. The van der Waals surface area contributed by atoms with Crippen LogP contribution in [0.4, 0.5) is 5.69 Å². The fraction of sp³-hybridized carbons (Fsp3) is 0.538. The van der Waals surface area contributed by atoms with Crippen molar-refractivity contribution in [3.8, 4) is 0 Å². The molecule has 1 aromatic heterocycles. The highest BCUT2D eigenvalue weighted by Crippen LogP contribution is 2.06. The van der Waals surface area contributed by atoms with Crippen molar-refractivity contribution in [2.45, 2.75) is 39.7 Å². The zero-order chi connectivity index (χ0) is 12.9. The number of carbonyl (C=O) groups is 1. The van der Waals surface area contributed by atoms with Crippen molar-refractivity contribution in [3.05, 3.63) is 24.0 Å². The molecule has 1 rings (SSSR count). The van der Waals surface area contributed by atoms with Crippen molar-refractivity contribution in [2.75, 3.05) is 11.9 Å². The van der Waals surface area contributed by atoms with Crippen molar-refractivity contribution in [2.24, 2.45) is 0 Å². The standard InChI is InChI=1S/C13H21N3O/c1-10-9-11(5-7-14-10)15-8-6-12(17)16-13(2,3)4/h5,7,9H,6,8H2,1-4H3,(H,14,15)(H,16,17). The second kappa shape index (κ2) is 5.66. The lowest BCUT2D eigenvalue weighted by Gasteiger charge is -2.20. The second-order valence-electron chi connectivity index (χ2n) is 5.16. The van der Waals surface area contributed by atoms with Crippen LogP contribution in [0.2, 0.25) is 0 Å². The molecule has 0 saturated heterocycles. The van der Waals surface area contributed by atoms with Crippen molar-refractivity contribution in [3.63, 3.8) is 0 Å². The number of hydrogen-bond donors (Lipinski definition) is 2. The van der Waals surface area contributed by atoms with Crippen LogP contribution in [0.25, 0.3) is 0 Å². The van der Waals surface area contributed by atoms with Crippen LogP contribution in [0.3, 0.4) is 0 Å². The fourth-order valence-electron chi connectivity index (χ4n) is 1.46. The van der Waals surface area contributed by atoms with Crippen molar-refractivity contribution < 1.29 is 4.79 Å². The average Bonchev–Trinajstić information content (AvgIpc) is 2.14. The zero-order valence-electron chi connectivity index (χ0n) is 11.0. The lowest BCUT2D eigenvalue weighted by molar-refractivity contribution is -0.122. The lowest BCUT2D eigenvalue weighted by Crippen LogP contribution is -2.41. The molecule has 0 saturated carbocycles. The molecule has 0 spiro atoms. The molecule has 2 N–H and O–H groups in total. The summed E-state index contributed by atoms with van der Waals surface area (Å²) in [7, 11) is 0. The molecule has 1 aromatic rings. The van der Waals surface area contributed by atoms with E-state index in [1.54, 1.807) is 6.20 Å². The molecule has 0 aromatic carbocycles. The molecular weight excluding hydrogens is 214 g/mol. The maximum Gasteiger partial charge on any atom is 0.222 e. The summed E-state index contributed by atoms with van der Waals surface area (Å²) < 4.78 is 0. The van der Waals surface area contributed by atoms with E-state index in [1.165, 1.54) is 0 Å². The summed E-state index contributed by atoms with van der Waals surface area (Å²) in [5.41, 5.74) is 1.81. The van der Waals surface area contributed by atoms with Gasteiger partial charge < -0.3 is 10.6 Å². The third-order valence-corrected chi connectivity index (χ3v) is 2.09. The molecule has 0 aliphatic carbocycles. The summed E-state index contributed by atoms with van der Waals surface area (Å²) in [6.45, 7) is 8.50. The Bertz CT molecular complexity index is 382. The summed E-state index contributed by atoms with van der Waals surface area (Å²) in [4.78, 5) is 15.7. The predicted octanol–water partition coefficient (Wildman–Crippen LogP) is 2.11. The number of pyridine rings is 1. The minimum atomic E-state index is -0.162. The van der Waals surface area contributed by atoms with Gasteiger partial charge in [0.2, 0.25) is 5.91 Å². The largest absolute Gasteiger partial charge is 0.384 e. The van der Waals surface area contributed by atoms with Gasteiger partial charge in [0.15, 0.2) is 0 Å². The first-order chi connectivity index (χ1) is 7.87. The van der Waals surface area contributed by atoms with E-state index in [-0.39, 0.29) is 11.4 Å². The van der Waals surface area contributed by atoms with Crippen LogP contribution in [0.5, 0.6) is 0 Å². The Morgan fingerprint density at radius 2 is 2.12 bits per heavy atom. The maximum atomic E-state index is 11.6. The molecule has 0 aliphatic rings.